The second-order valence-electron chi connectivity index (χ2n) is 11.9. The summed E-state index contributed by atoms with van der Waals surface area (Å²) in [5.74, 6) is -0.206. The summed E-state index contributed by atoms with van der Waals surface area (Å²) in [6, 6.07) is -1.44. The number of carbonyl (C=O) groups is 2. The molecule has 1 aromatic heterocycles. The van der Waals surface area contributed by atoms with Crippen LogP contribution in [-0.4, -0.2) is 82.5 Å². The standard InChI is InChI=1S/C27H49N5O7S/c1-6-7-13-29-40(37,38)17-23(33)24(34)22(15-20-11-9-8-10-12-20)30-19(2)14-21-16-32(18-28-21)25(35)31-26(36)39-27(3,4)5/h16,18-20,22-24,29-30,33-34H,6-15,17H2,1-5H3,(H,31,35,36)/t19?,22-,23+,24-/m0/s1. The van der Waals surface area contributed by atoms with Crippen LogP contribution >= 0.6 is 0 Å². The number of carbonyl (C=O) groups excluding carboxylic acids is 2. The Morgan fingerprint density at radius 2 is 1.88 bits per heavy atom. The van der Waals surface area contributed by atoms with Gasteiger partial charge in [0.1, 0.15) is 11.9 Å². The predicted octanol–water partition coefficient (Wildman–Crippen LogP) is 2.68. The van der Waals surface area contributed by atoms with E-state index in [-0.39, 0.29) is 6.04 Å². The Kier molecular flexibility index (Phi) is 13.5. The highest BCUT2D eigenvalue weighted by atomic mass is 32.2. The number of rotatable bonds is 14. The van der Waals surface area contributed by atoms with Gasteiger partial charge in [-0.15, -0.1) is 0 Å². The summed E-state index contributed by atoms with van der Waals surface area (Å²) in [4.78, 5) is 28.5. The number of imidazole rings is 1. The number of amides is 2. The number of aliphatic hydroxyl groups is 2. The molecule has 230 valence electrons. The Morgan fingerprint density at radius 3 is 2.50 bits per heavy atom. The lowest BCUT2D eigenvalue weighted by Gasteiger charge is -2.34. The third kappa shape index (κ3) is 12.6. The van der Waals surface area contributed by atoms with E-state index in [4.69, 9.17) is 4.74 Å². The van der Waals surface area contributed by atoms with Crippen LogP contribution in [-0.2, 0) is 21.2 Å². The van der Waals surface area contributed by atoms with E-state index in [0.29, 0.717) is 37.4 Å². The number of aromatic nitrogens is 2. The van der Waals surface area contributed by atoms with Crippen molar-refractivity contribution in [3.8, 4) is 0 Å². The molecule has 4 atom stereocenters. The summed E-state index contributed by atoms with van der Waals surface area (Å²) >= 11 is 0. The molecule has 2 rings (SSSR count). The van der Waals surface area contributed by atoms with Gasteiger partial charge in [0.15, 0.2) is 0 Å². The van der Waals surface area contributed by atoms with Gasteiger partial charge in [-0.25, -0.2) is 33.0 Å². The first kappa shape index (κ1) is 34.1. The van der Waals surface area contributed by atoms with Crippen LogP contribution in [0.1, 0.15) is 91.7 Å². The maximum Gasteiger partial charge on any atom is 0.415 e. The predicted molar refractivity (Wildman–Crippen MR) is 152 cm³/mol. The second-order valence-corrected chi connectivity index (χ2v) is 13.8. The lowest BCUT2D eigenvalue weighted by molar-refractivity contribution is -0.00114. The Hall–Kier alpha value is -2.06. The molecule has 1 aliphatic rings. The first-order valence-corrected chi connectivity index (χ1v) is 16.0. The first-order chi connectivity index (χ1) is 18.7. The molecular formula is C27H49N5O7S. The van der Waals surface area contributed by atoms with Crippen molar-refractivity contribution >= 4 is 22.1 Å². The molecule has 0 aromatic carbocycles. The number of hydrogen-bond acceptors (Lipinski definition) is 9. The third-order valence-electron chi connectivity index (χ3n) is 6.85. The van der Waals surface area contributed by atoms with E-state index in [0.717, 1.165) is 36.7 Å². The lowest BCUT2D eigenvalue weighted by Crippen LogP contribution is -2.53. The normalized spacial score (nSPS) is 18.1. The zero-order chi connectivity index (χ0) is 29.9. The van der Waals surface area contributed by atoms with Gasteiger partial charge in [0.2, 0.25) is 10.0 Å². The molecule has 13 heteroatoms. The minimum atomic E-state index is -3.74. The largest absolute Gasteiger partial charge is 0.443 e. The fourth-order valence-corrected chi connectivity index (χ4v) is 6.14. The van der Waals surface area contributed by atoms with Gasteiger partial charge >= 0.3 is 12.1 Å². The van der Waals surface area contributed by atoms with E-state index < -0.39 is 51.8 Å². The Labute approximate surface area is 238 Å². The number of sulfonamides is 1. The SMILES string of the molecule is CCCCNS(=O)(=O)C[C@@H](O)[C@@H](O)[C@H](CC1CCCCC1)NC(C)Cc1cn(C(=O)NC(=O)OC(C)(C)C)cn1. The molecule has 0 saturated heterocycles. The maximum absolute atomic E-state index is 12.4. The molecule has 0 aliphatic heterocycles. The molecule has 1 unspecified atom stereocenters. The number of unbranched alkanes of at least 4 members (excludes halogenated alkanes) is 1. The van der Waals surface area contributed by atoms with Crippen molar-refractivity contribution in [2.45, 2.75) is 122 Å². The molecule has 1 aliphatic carbocycles. The van der Waals surface area contributed by atoms with Gasteiger partial charge in [0.25, 0.3) is 0 Å². The van der Waals surface area contributed by atoms with Crippen LogP contribution in [0.4, 0.5) is 9.59 Å². The van der Waals surface area contributed by atoms with Gasteiger partial charge in [-0.1, -0.05) is 45.4 Å². The number of aliphatic hydroxyl groups excluding tert-OH is 2. The van der Waals surface area contributed by atoms with Crippen LogP contribution in [0.5, 0.6) is 0 Å². The van der Waals surface area contributed by atoms with Crippen LogP contribution in [0.25, 0.3) is 0 Å². The number of ether oxygens (including phenoxy) is 1. The summed E-state index contributed by atoms with van der Waals surface area (Å²) in [6.07, 6.45) is 7.22. The van der Waals surface area contributed by atoms with Crippen molar-refractivity contribution < 1.29 is 33.0 Å². The van der Waals surface area contributed by atoms with Gasteiger partial charge in [-0.2, -0.15) is 0 Å². The Balaban J connectivity index is 2.02. The zero-order valence-corrected chi connectivity index (χ0v) is 25.4. The average Bonchev–Trinajstić information content (AvgIpc) is 3.31. The summed E-state index contributed by atoms with van der Waals surface area (Å²) in [6.45, 7) is 9.24. The van der Waals surface area contributed by atoms with Gasteiger partial charge in [-0.3, -0.25) is 4.57 Å². The molecule has 0 bridgehead atoms. The Morgan fingerprint density at radius 1 is 1.20 bits per heavy atom. The minimum absolute atomic E-state index is 0.216. The quantitative estimate of drug-likeness (QED) is 0.205. The van der Waals surface area contributed by atoms with Gasteiger partial charge < -0.3 is 20.3 Å². The van der Waals surface area contributed by atoms with Crippen LogP contribution in [0, 0.1) is 5.92 Å². The molecule has 1 saturated carbocycles. The highest BCUT2D eigenvalue weighted by Gasteiger charge is 2.33. The van der Waals surface area contributed by atoms with Crippen LogP contribution in [0.2, 0.25) is 0 Å². The number of nitrogens with zero attached hydrogens (tertiary/aromatic N) is 2. The van der Waals surface area contributed by atoms with E-state index in [9.17, 15) is 28.2 Å². The van der Waals surface area contributed by atoms with Gasteiger partial charge in [0, 0.05) is 31.2 Å². The number of imide groups is 1. The summed E-state index contributed by atoms with van der Waals surface area (Å²) in [7, 11) is -3.74. The number of alkyl carbamates (subject to hydrolysis) is 1. The van der Waals surface area contributed by atoms with E-state index in [1.807, 2.05) is 13.8 Å². The highest BCUT2D eigenvalue weighted by molar-refractivity contribution is 7.89. The van der Waals surface area contributed by atoms with E-state index >= 15 is 0 Å². The monoisotopic (exact) mass is 587 g/mol. The fourth-order valence-electron chi connectivity index (χ4n) is 4.92. The molecule has 0 spiro atoms. The molecule has 0 radical (unpaired) electrons. The lowest BCUT2D eigenvalue weighted by atomic mass is 9.83. The molecule has 12 nitrogen and oxygen atoms in total. The Bertz CT molecular complexity index is 1030. The summed E-state index contributed by atoms with van der Waals surface area (Å²) in [5.41, 5.74) is -0.165. The first-order valence-electron chi connectivity index (χ1n) is 14.4. The van der Waals surface area contributed by atoms with Crippen LogP contribution < -0.4 is 15.4 Å². The van der Waals surface area contributed by atoms with Crippen molar-refractivity contribution in [2.24, 2.45) is 5.92 Å². The van der Waals surface area contributed by atoms with Gasteiger partial charge in [-0.05, 0) is 46.5 Å². The van der Waals surface area contributed by atoms with E-state index in [1.165, 1.54) is 18.9 Å². The smallest absolute Gasteiger partial charge is 0.415 e. The zero-order valence-electron chi connectivity index (χ0n) is 24.6. The molecule has 5 N–H and O–H groups in total. The molecule has 1 heterocycles. The number of hydrogen-bond donors (Lipinski definition) is 5. The second kappa shape index (κ2) is 15.8. The fraction of sp³-hybridized carbons (Fsp3) is 0.815. The molecular weight excluding hydrogens is 538 g/mol. The van der Waals surface area contributed by atoms with Crippen molar-refractivity contribution in [2.75, 3.05) is 12.3 Å². The van der Waals surface area contributed by atoms with Crippen molar-refractivity contribution in [3.05, 3.63) is 18.2 Å². The van der Waals surface area contributed by atoms with Crippen molar-refractivity contribution in [3.63, 3.8) is 0 Å². The summed E-state index contributed by atoms with van der Waals surface area (Å²) in [5, 5.41) is 27.3. The summed E-state index contributed by atoms with van der Waals surface area (Å²) < 4.78 is 33.6. The number of nitrogens with one attached hydrogen (secondary N) is 3. The van der Waals surface area contributed by atoms with Crippen LogP contribution in [0.3, 0.4) is 0 Å². The van der Waals surface area contributed by atoms with E-state index in [1.54, 1.807) is 20.8 Å². The molecule has 40 heavy (non-hydrogen) atoms. The van der Waals surface area contributed by atoms with Gasteiger partial charge in [0.05, 0.1) is 23.7 Å². The van der Waals surface area contributed by atoms with Crippen molar-refractivity contribution in [1.82, 2.24) is 24.9 Å². The van der Waals surface area contributed by atoms with Crippen LogP contribution in [0.15, 0.2) is 12.5 Å². The topological polar surface area (TPSA) is 172 Å². The third-order valence-corrected chi connectivity index (χ3v) is 8.28. The molecule has 1 fully saturated rings. The van der Waals surface area contributed by atoms with Crippen molar-refractivity contribution in [1.29, 1.82) is 0 Å². The van der Waals surface area contributed by atoms with E-state index in [2.05, 4.69) is 20.3 Å². The average molecular weight is 588 g/mol. The molecule has 1 aromatic rings. The maximum atomic E-state index is 12.4. The minimum Gasteiger partial charge on any atom is -0.443 e. The highest BCUT2D eigenvalue weighted by Crippen LogP contribution is 2.28. The molecule has 2 amide bonds.